The molecule has 0 amide bonds. The second-order valence-corrected chi connectivity index (χ2v) is 15.7. The summed E-state index contributed by atoms with van der Waals surface area (Å²) in [4.78, 5) is 2.47. The predicted molar refractivity (Wildman–Crippen MR) is 227 cm³/mol. The molecule has 8 aromatic carbocycles. The summed E-state index contributed by atoms with van der Waals surface area (Å²) < 4.78 is 0. The first-order valence-corrected chi connectivity index (χ1v) is 19.0. The van der Waals surface area contributed by atoms with E-state index in [1.54, 1.807) is 0 Å². The van der Waals surface area contributed by atoms with Gasteiger partial charge in [0.15, 0.2) is 0 Å². The molecular formula is C53H41N. The van der Waals surface area contributed by atoms with Gasteiger partial charge in [0.05, 0.1) is 11.1 Å². The van der Waals surface area contributed by atoms with Crippen LogP contribution in [-0.4, -0.2) is 0 Å². The maximum Gasteiger partial charge on any atom is 0.0726 e. The third-order valence-corrected chi connectivity index (χ3v) is 11.7. The maximum absolute atomic E-state index is 2.52. The van der Waals surface area contributed by atoms with E-state index in [1.165, 1.54) is 78.0 Å². The summed E-state index contributed by atoms with van der Waals surface area (Å²) in [5.74, 6) is 0. The monoisotopic (exact) mass is 691 g/mol. The number of fused-ring (bicyclic) bond motifs is 10. The minimum atomic E-state index is -0.435. The molecule has 0 fully saturated rings. The minimum absolute atomic E-state index is 0.00149. The lowest BCUT2D eigenvalue weighted by atomic mass is 9.69. The van der Waals surface area contributed by atoms with Crippen LogP contribution in [0.15, 0.2) is 194 Å². The van der Waals surface area contributed by atoms with Gasteiger partial charge in [0, 0.05) is 16.9 Å². The van der Waals surface area contributed by atoms with Crippen LogP contribution in [0.4, 0.5) is 17.1 Å². The van der Waals surface area contributed by atoms with E-state index in [0.717, 1.165) is 11.4 Å². The smallest absolute Gasteiger partial charge is 0.0726 e. The molecule has 2 aliphatic carbocycles. The third-order valence-electron chi connectivity index (χ3n) is 11.7. The molecule has 0 unspecified atom stereocenters. The van der Waals surface area contributed by atoms with Crippen LogP contribution >= 0.6 is 0 Å². The largest absolute Gasteiger partial charge is 0.310 e. The molecule has 1 spiro atoms. The second-order valence-electron chi connectivity index (χ2n) is 15.7. The van der Waals surface area contributed by atoms with Crippen molar-refractivity contribution < 1.29 is 0 Å². The molecule has 0 radical (unpaired) electrons. The molecule has 0 heterocycles. The van der Waals surface area contributed by atoms with Crippen molar-refractivity contribution in [2.75, 3.05) is 4.90 Å². The van der Waals surface area contributed by atoms with Crippen molar-refractivity contribution in [3.63, 3.8) is 0 Å². The topological polar surface area (TPSA) is 3.24 Å². The van der Waals surface area contributed by atoms with Gasteiger partial charge < -0.3 is 4.90 Å². The van der Waals surface area contributed by atoms with Crippen LogP contribution < -0.4 is 4.90 Å². The Kier molecular flexibility index (Phi) is 7.35. The summed E-state index contributed by atoms with van der Waals surface area (Å²) in [5.41, 5.74) is 19.8. The fourth-order valence-electron chi connectivity index (χ4n) is 9.12. The minimum Gasteiger partial charge on any atom is -0.310 e. The molecule has 0 aromatic heterocycles. The summed E-state index contributed by atoms with van der Waals surface area (Å²) in [6.45, 7) is 6.97. The standard InChI is InChI=1S/C53H41N/c1-52(2,3)40-29-34-45-49(35-40)53(46-21-12-10-19-43(46)44-20-11-13-22-47(44)53)48-23-14-24-50(51(45)48)54(41-30-25-38(26-31-41)36-15-6-4-7-16-36)42-32-27-39(28-33-42)37-17-8-5-9-18-37/h4-35H,1-3H3. The second kappa shape index (κ2) is 12.3. The normalized spacial score (nSPS) is 13.2. The number of hydrogen-bond acceptors (Lipinski definition) is 1. The number of benzene rings is 8. The van der Waals surface area contributed by atoms with Gasteiger partial charge in [0.2, 0.25) is 0 Å². The van der Waals surface area contributed by atoms with Crippen molar-refractivity contribution >= 4 is 17.1 Å². The van der Waals surface area contributed by atoms with E-state index in [4.69, 9.17) is 0 Å². The van der Waals surface area contributed by atoms with Gasteiger partial charge in [-0.05, 0) is 103 Å². The van der Waals surface area contributed by atoms with Crippen molar-refractivity contribution in [3.8, 4) is 44.5 Å². The van der Waals surface area contributed by atoms with E-state index < -0.39 is 5.41 Å². The summed E-state index contributed by atoms with van der Waals surface area (Å²) in [5, 5.41) is 0. The Bertz CT molecular complexity index is 2530. The molecule has 8 aromatic rings. The molecular weight excluding hydrogens is 651 g/mol. The highest BCUT2D eigenvalue weighted by Crippen LogP contribution is 2.65. The van der Waals surface area contributed by atoms with Gasteiger partial charge in [-0.2, -0.15) is 0 Å². The van der Waals surface area contributed by atoms with Gasteiger partial charge in [0.25, 0.3) is 0 Å². The van der Waals surface area contributed by atoms with E-state index in [0.29, 0.717) is 0 Å². The van der Waals surface area contributed by atoms with E-state index >= 15 is 0 Å². The Hall–Kier alpha value is -6.44. The summed E-state index contributed by atoms with van der Waals surface area (Å²) in [6, 6.07) is 71.9. The SMILES string of the molecule is CC(C)(C)c1ccc2c(c1)C1(c3ccccc3-c3ccccc31)c1cccc(N(c3ccc(-c4ccccc4)cc3)c3ccc(-c4ccccc4)cc3)c1-2. The van der Waals surface area contributed by atoms with Crippen molar-refractivity contribution in [2.24, 2.45) is 0 Å². The molecule has 2 aliphatic rings. The Labute approximate surface area is 318 Å². The first kappa shape index (κ1) is 32.2. The first-order valence-electron chi connectivity index (χ1n) is 19.0. The van der Waals surface area contributed by atoms with Crippen LogP contribution in [0.2, 0.25) is 0 Å². The van der Waals surface area contributed by atoms with Crippen LogP contribution in [0.5, 0.6) is 0 Å². The van der Waals surface area contributed by atoms with E-state index in [-0.39, 0.29) is 5.41 Å². The zero-order valence-corrected chi connectivity index (χ0v) is 30.9. The number of hydrogen-bond donors (Lipinski definition) is 0. The van der Waals surface area contributed by atoms with Crippen molar-refractivity contribution in [1.29, 1.82) is 0 Å². The average Bonchev–Trinajstić information content (AvgIpc) is 3.69. The van der Waals surface area contributed by atoms with Crippen molar-refractivity contribution in [2.45, 2.75) is 31.6 Å². The lowest BCUT2D eigenvalue weighted by Gasteiger charge is -2.32. The van der Waals surface area contributed by atoms with Gasteiger partial charge in [-0.15, -0.1) is 0 Å². The number of anilines is 3. The predicted octanol–water partition coefficient (Wildman–Crippen LogP) is 14.1. The lowest BCUT2D eigenvalue weighted by molar-refractivity contribution is 0.588. The van der Waals surface area contributed by atoms with Gasteiger partial charge in [-0.25, -0.2) is 0 Å². The highest BCUT2D eigenvalue weighted by atomic mass is 15.1. The van der Waals surface area contributed by atoms with Gasteiger partial charge in [-0.1, -0.05) is 185 Å². The van der Waals surface area contributed by atoms with Crippen LogP contribution in [0.25, 0.3) is 44.5 Å². The summed E-state index contributed by atoms with van der Waals surface area (Å²) >= 11 is 0. The molecule has 258 valence electrons. The maximum atomic E-state index is 2.52. The highest BCUT2D eigenvalue weighted by molar-refractivity contribution is 6.01. The Balaban J connectivity index is 1.24. The Morgan fingerprint density at radius 1 is 0.370 bits per heavy atom. The number of rotatable bonds is 5. The van der Waals surface area contributed by atoms with Gasteiger partial charge >= 0.3 is 0 Å². The van der Waals surface area contributed by atoms with Crippen molar-refractivity contribution in [1.82, 2.24) is 0 Å². The molecule has 1 heteroatoms. The molecule has 1 nitrogen and oxygen atoms in total. The number of nitrogens with zero attached hydrogens (tertiary/aromatic N) is 1. The van der Waals surface area contributed by atoms with E-state index in [2.05, 4.69) is 220 Å². The molecule has 0 N–H and O–H groups in total. The van der Waals surface area contributed by atoms with Crippen molar-refractivity contribution in [3.05, 3.63) is 222 Å². The van der Waals surface area contributed by atoms with Gasteiger partial charge in [0.1, 0.15) is 0 Å². The summed E-state index contributed by atoms with van der Waals surface area (Å²) in [7, 11) is 0. The first-order chi connectivity index (χ1) is 26.4. The van der Waals surface area contributed by atoms with Gasteiger partial charge in [-0.3, -0.25) is 0 Å². The molecule has 0 saturated carbocycles. The van der Waals surface area contributed by atoms with Crippen LogP contribution in [-0.2, 0) is 10.8 Å². The lowest BCUT2D eigenvalue weighted by Crippen LogP contribution is -2.26. The summed E-state index contributed by atoms with van der Waals surface area (Å²) in [6.07, 6.45) is 0. The van der Waals surface area contributed by atoms with Crippen LogP contribution in [0, 0.1) is 0 Å². The highest BCUT2D eigenvalue weighted by Gasteiger charge is 2.52. The van der Waals surface area contributed by atoms with Crippen LogP contribution in [0.3, 0.4) is 0 Å². The molecule has 54 heavy (non-hydrogen) atoms. The Morgan fingerprint density at radius 3 is 1.35 bits per heavy atom. The molecule has 0 atom stereocenters. The average molecular weight is 692 g/mol. The van der Waals surface area contributed by atoms with Crippen LogP contribution in [0.1, 0.15) is 48.6 Å². The van der Waals surface area contributed by atoms with E-state index in [1.807, 2.05) is 0 Å². The molecule has 10 rings (SSSR count). The Morgan fingerprint density at radius 2 is 0.833 bits per heavy atom. The van der Waals surface area contributed by atoms with E-state index in [9.17, 15) is 0 Å². The molecule has 0 aliphatic heterocycles. The third kappa shape index (κ3) is 4.85. The zero-order valence-electron chi connectivity index (χ0n) is 30.9. The quantitative estimate of drug-likeness (QED) is 0.174. The fourth-order valence-corrected chi connectivity index (χ4v) is 9.12. The molecule has 0 saturated heterocycles. The zero-order chi connectivity index (χ0) is 36.4. The molecule has 0 bridgehead atoms. The fraction of sp³-hybridized carbons (Fsp3) is 0.0943.